The van der Waals surface area contributed by atoms with E-state index in [1.165, 1.54) is 0 Å². The van der Waals surface area contributed by atoms with E-state index in [4.69, 9.17) is 9.47 Å². The summed E-state index contributed by atoms with van der Waals surface area (Å²) < 4.78 is 12.0. The number of likely N-dealkylation sites (tertiary alicyclic amines) is 1. The predicted molar refractivity (Wildman–Crippen MR) is 202 cm³/mol. The number of rotatable bonds is 22. The largest absolute Gasteiger partial charge is 0.388 e. The Hall–Kier alpha value is -2.66. The average Bonchev–Trinajstić information content (AvgIpc) is 3.59. The first-order chi connectivity index (χ1) is 24.0. The minimum Gasteiger partial charge on any atom is -0.388 e. The fourth-order valence-electron chi connectivity index (χ4n) is 8.01. The van der Waals surface area contributed by atoms with Crippen LogP contribution in [0.15, 0.2) is 30.3 Å². The van der Waals surface area contributed by atoms with Gasteiger partial charge in [0.15, 0.2) is 5.78 Å². The second-order valence-corrected chi connectivity index (χ2v) is 15.6. The molecule has 10 nitrogen and oxygen atoms in total. The average molecular weight is 716 g/mol. The number of benzene rings is 1. The maximum absolute atomic E-state index is 14.2. The lowest BCUT2D eigenvalue weighted by Gasteiger charge is -2.41. The van der Waals surface area contributed by atoms with Crippen molar-refractivity contribution >= 4 is 23.4 Å². The third kappa shape index (κ3) is 11.7. The summed E-state index contributed by atoms with van der Waals surface area (Å²) in [6, 6.07) is 8.35. The quantitative estimate of drug-likeness (QED) is 0.157. The topological polar surface area (TPSA) is 125 Å². The number of aliphatic hydroxyl groups is 1. The Kier molecular flexibility index (Phi) is 18.4. The molecule has 51 heavy (non-hydrogen) atoms. The number of amides is 2. The van der Waals surface area contributed by atoms with Gasteiger partial charge < -0.3 is 29.7 Å². The van der Waals surface area contributed by atoms with Crippen molar-refractivity contribution in [2.24, 2.45) is 35.5 Å². The highest BCUT2D eigenvalue weighted by Gasteiger charge is 2.43. The first kappa shape index (κ1) is 44.5. The van der Waals surface area contributed by atoms with Gasteiger partial charge in [-0.25, -0.2) is 0 Å². The van der Waals surface area contributed by atoms with Crippen molar-refractivity contribution in [1.29, 1.82) is 0 Å². The highest BCUT2D eigenvalue weighted by molar-refractivity contribution is 5.90. The molecule has 0 bridgehead atoms. The fraction of sp³-hybridized carbons (Fsp3) is 0.756. The van der Waals surface area contributed by atoms with Gasteiger partial charge in [-0.2, -0.15) is 0 Å². The summed E-state index contributed by atoms with van der Waals surface area (Å²) in [5.74, 6) is -1.41. The summed E-state index contributed by atoms with van der Waals surface area (Å²) in [6.45, 7) is 16.3. The van der Waals surface area contributed by atoms with Crippen molar-refractivity contribution in [3.8, 4) is 0 Å². The Bertz CT molecular complexity index is 1240. The number of likely N-dealkylation sites (N-methyl/N-ethyl adjacent to an activating group) is 2. The molecule has 0 aromatic heterocycles. The molecule has 10 heteroatoms. The van der Waals surface area contributed by atoms with Gasteiger partial charge in [0, 0.05) is 52.5 Å². The molecule has 1 aliphatic rings. The van der Waals surface area contributed by atoms with Crippen LogP contribution in [-0.4, -0.2) is 103 Å². The summed E-state index contributed by atoms with van der Waals surface area (Å²) in [6.07, 6.45) is 0.834. The number of ketones is 2. The molecule has 1 saturated heterocycles. The highest BCUT2D eigenvalue weighted by atomic mass is 16.5. The van der Waals surface area contributed by atoms with E-state index in [9.17, 15) is 24.3 Å². The molecular weight excluding hydrogens is 646 g/mol. The molecule has 2 N–H and O–H groups in total. The van der Waals surface area contributed by atoms with Crippen LogP contribution < -0.4 is 5.32 Å². The fourth-order valence-corrected chi connectivity index (χ4v) is 8.01. The van der Waals surface area contributed by atoms with Crippen molar-refractivity contribution in [2.45, 2.75) is 130 Å². The summed E-state index contributed by atoms with van der Waals surface area (Å²) in [5.41, 5.74) is 0.777. The number of aliphatic hydroxyl groups excluding tert-OH is 1. The summed E-state index contributed by atoms with van der Waals surface area (Å²) in [5, 5.41) is 14.0. The van der Waals surface area contributed by atoms with E-state index in [0.717, 1.165) is 18.4 Å². The third-order valence-corrected chi connectivity index (χ3v) is 11.4. The zero-order valence-corrected chi connectivity index (χ0v) is 33.6. The Morgan fingerprint density at radius 2 is 1.53 bits per heavy atom. The molecular formula is C41H69N3O7. The molecule has 1 fully saturated rings. The molecule has 1 aromatic carbocycles. The van der Waals surface area contributed by atoms with E-state index < -0.39 is 36.2 Å². The molecule has 10 atom stereocenters. The number of hydrogen-bond acceptors (Lipinski definition) is 8. The van der Waals surface area contributed by atoms with Gasteiger partial charge in [0.25, 0.3) is 0 Å². The van der Waals surface area contributed by atoms with E-state index >= 15 is 0 Å². The first-order valence-electron chi connectivity index (χ1n) is 19.1. The van der Waals surface area contributed by atoms with E-state index in [2.05, 4.69) is 19.2 Å². The Balaban J connectivity index is 2.24. The second kappa shape index (κ2) is 21.1. The lowest BCUT2D eigenvalue weighted by molar-refractivity contribution is -0.149. The number of carbonyl (C=O) groups excluding carboxylic acids is 4. The van der Waals surface area contributed by atoms with E-state index in [1.54, 1.807) is 33.2 Å². The Morgan fingerprint density at radius 3 is 2.04 bits per heavy atom. The van der Waals surface area contributed by atoms with Gasteiger partial charge in [-0.1, -0.05) is 92.1 Å². The third-order valence-electron chi connectivity index (χ3n) is 11.4. The number of ether oxygens (including phenoxy) is 2. The van der Waals surface area contributed by atoms with Crippen LogP contribution in [0.4, 0.5) is 0 Å². The lowest BCUT2D eigenvalue weighted by Crippen LogP contribution is -2.54. The van der Waals surface area contributed by atoms with Crippen molar-refractivity contribution in [3.05, 3.63) is 35.9 Å². The van der Waals surface area contributed by atoms with Crippen LogP contribution in [0.2, 0.25) is 0 Å². The summed E-state index contributed by atoms with van der Waals surface area (Å²) in [7, 11) is 6.72. The number of nitrogens with one attached hydrogen (secondary N) is 1. The Morgan fingerprint density at radius 1 is 0.902 bits per heavy atom. The van der Waals surface area contributed by atoms with Crippen LogP contribution in [0.3, 0.4) is 0 Å². The number of methoxy groups -OCH3 is 2. The number of carbonyl (C=O) groups is 4. The maximum atomic E-state index is 14.2. The molecule has 1 aliphatic heterocycles. The van der Waals surface area contributed by atoms with Crippen LogP contribution in [-0.2, 0) is 28.7 Å². The molecule has 2 amide bonds. The van der Waals surface area contributed by atoms with Gasteiger partial charge in [0.1, 0.15) is 5.78 Å². The molecule has 290 valence electrons. The SMILES string of the molecule is CCC(C)C(C(CC(=O)N1CCCC1C(OC)C(C)C(=O)CC(C)C(O)c1ccccc1)OC)N(C)C(=O)C(CC(=O)C(NC)C(C)C)C(C)C. The second-order valence-electron chi connectivity index (χ2n) is 15.6. The van der Waals surface area contributed by atoms with Crippen molar-refractivity contribution in [1.82, 2.24) is 15.1 Å². The highest BCUT2D eigenvalue weighted by Crippen LogP contribution is 2.32. The molecule has 1 heterocycles. The van der Waals surface area contributed by atoms with Crippen LogP contribution in [0.1, 0.15) is 106 Å². The van der Waals surface area contributed by atoms with Crippen LogP contribution in [0.5, 0.6) is 0 Å². The molecule has 0 saturated carbocycles. The van der Waals surface area contributed by atoms with Gasteiger partial charge >= 0.3 is 0 Å². The zero-order chi connectivity index (χ0) is 38.6. The van der Waals surface area contributed by atoms with Crippen LogP contribution in [0, 0.1) is 35.5 Å². The van der Waals surface area contributed by atoms with Gasteiger partial charge in [0.2, 0.25) is 11.8 Å². The minimum atomic E-state index is -0.760. The maximum Gasteiger partial charge on any atom is 0.226 e. The van der Waals surface area contributed by atoms with Crippen LogP contribution >= 0.6 is 0 Å². The van der Waals surface area contributed by atoms with Gasteiger partial charge in [-0.3, -0.25) is 19.2 Å². The number of nitrogens with zero attached hydrogens (tertiary/aromatic N) is 2. The smallest absolute Gasteiger partial charge is 0.226 e. The van der Waals surface area contributed by atoms with Crippen molar-refractivity contribution in [2.75, 3.05) is 34.9 Å². The monoisotopic (exact) mass is 716 g/mol. The lowest BCUT2D eigenvalue weighted by atomic mass is 9.84. The van der Waals surface area contributed by atoms with Crippen LogP contribution in [0.25, 0.3) is 0 Å². The molecule has 0 aliphatic carbocycles. The number of hydrogen-bond donors (Lipinski definition) is 2. The van der Waals surface area contributed by atoms with Gasteiger partial charge in [-0.15, -0.1) is 0 Å². The Labute approximate surface area is 308 Å². The van der Waals surface area contributed by atoms with Crippen molar-refractivity contribution < 1.29 is 33.8 Å². The zero-order valence-electron chi connectivity index (χ0n) is 33.6. The molecule has 10 unspecified atom stereocenters. The van der Waals surface area contributed by atoms with E-state index in [1.807, 2.05) is 76.8 Å². The molecule has 0 spiro atoms. The minimum absolute atomic E-state index is 0.0111. The predicted octanol–water partition coefficient (Wildman–Crippen LogP) is 5.71. The van der Waals surface area contributed by atoms with Crippen molar-refractivity contribution in [3.63, 3.8) is 0 Å². The van der Waals surface area contributed by atoms with Gasteiger partial charge in [0.05, 0.1) is 42.9 Å². The summed E-state index contributed by atoms with van der Waals surface area (Å²) in [4.78, 5) is 58.7. The number of Topliss-reactive ketones (excluding diaryl/α,β-unsaturated/α-hetero) is 2. The van der Waals surface area contributed by atoms with E-state index in [-0.39, 0.29) is 78.4 Å². The normalized spacial score (nSPS) is 20.3. The molecule has 0 radical (unpaired) electrons. The molecule has 1 aromatic rings. The summed E-state index contributed by atoms with van der Waals surface area (Å²) >= 11 is 0. The first-order valence-corrected chi connectivity index (χ1v) is 19.1. The molecule has 2 rings (SSSR count). The standard InChI is InChI=1S/C41H69N3O7/c1-13-27(6)38(43(10)41(49)31(25(2)3)23-34(46)37(42-9)26(4)5)35(50-11)24-36(47)44-21-17-20-32(44)40(51-12)29(8)33(45)22-28(7)39(48)30-18-15-14-16-19-30/h14-16,18-19,25-29,31-32,35,37-40,42,48H,13,17,20-24H2,1-12H3. The van der Waals surface area contributed by atoms with E-state index in [0.29, 0.717) is 13.0 Å². The van der Waals surface area contributed by atoms with Gasteiger partial charge in [-0.05, 0) is 49.1 Å².